The Morgan fingerprint density at radius 2 is 0.918 bits per heavy atom. The number of ether oxygens (including phenoxy) is 2. The number of aromatic amines is 2. The van der Waals surface area contributed by atoms with Crippen LogP contribution in [-0.4, -0.2) is 103 Å². The molecule has 6 aliphatic rings. The fourth-order valence-electron chi connectivity index (χ4n) is 13.6. The summed E-state index contributed by atoms with van der Waals surface area (Å²) in [4.78, 5) is 43.2. The standard InChI is InChI=1S/2C26H29FN2O.C6H8O7/c2*27-20-8-9-23-22(18-20)21-10-17-30-26(24(21)28-23)13-11-25(12-14-26,29-15-4-5-16-29)19-6-2-1-3-7-19;7-3(8)1-6(13,5(11)12)2-4(9)10/h2*1-3,6-9,18,28H,4-5,10-17H2;13H,1-2H2,(H,7,8)(H,9,10)(H,11,12). The predicted octanol–water partition coefficient (Wildman–Crippen LogP) is 10.0. The molecule has 386 valence electrons. The fourth-order valence-corrected chi connectivity index (χ4v) is 13.6. The van der Waals surface area contributed by atoms with Crippen molar-refractivity contribution in [1.29, 1.82) is 0 Å². The number of aliphatic hydroxyl groups is 1. The van der Waals surface area contributed by atoms with E-state index in [0.29, 0.717) is 0 Å². The molecular weight excluding hydrogens is 935 g/mol. The SMILES string of the molecule is Fc1ccc2[nH]c3c(c2c1)CCOC31CCC(c2ccccc2)(N2CCCC2)CC1.Fc1ccc2[nH]c3c(c2c1)CCOC31CCC(c2ccccc2)(N2CCCC2)CC1.O=C(O)CC(O)(CC(=O)O)C(=O)O. The number of nitrogens with one attached hydrogen (secondary N) is 2. The minimum atomic E-state index is -2.74. The van der Waals surface area contributed by atoms with Gasteiger partial charge in [0, 0.05) is 32.9 Å². The smallest absolute Gasteiger partial charge is 0.336 e. The molecule has 15 heteroatoms. The van der Waals surface area contributed by atoms with E-state index in [0.717, 1.165) is 99.2 Å². The molecule has 13 nitrogen and oxygen atoms in total. The van der Waals surface area contributed by atoms with E-state index in [2.05, 4.69) is 80.4 Å². The molecule has 2 saturated heterocycles. The lowest BCUT2D eigenvalue weighted by Gasteiger charge is -2.51. The molecule has 6 aromatic rings. The Balaban J connectivity index is 0.000000136. The van der Waals surface area contributed by atoms with Gasteiger partial charge in [0.1, 0.15) is 22.8 Å². The molecule has 0 atom stereocenters. The molecule has 4 fully saturated rings. The molecular formula is C58H66F2N4O9. The Hall–Kier alpha value is -5.97. The number of halogens is 2. The van der Waals surface area contributed by atoms with Crippen LogP contribution in [0.15, 0.2) is 97.1 Å². The average molecular weight is 1000 g/mol. The summed E-state index contributed by atoms with van der Waals surface area (Å²) in [6, 6.07) is 32.4. The Labute approximate surface area is 423 Å². The number of hydrogen-bond donors (Lipinski definition) is 6. The number of benzene rings is 4. The van der Waals surface area contributed by atoms with E-state index in [1.807, 2.05) is 12.1 Å². The van der Waals surface area contributed by atoms with Crippen LogP contribution in [0.1, 0.15) is 124 Å². The van der Waals surface area contributed by atoms with Gasteiger partial charge in [-0.1, -0.05) is 60.7 Å². The van der Waals surface area contributed by atoms with E-state index >= 15 is 0 Å². The molecule has 2 aromatic heterocycles. The number of fused-ring (bicyclic) bond motifs is 8. The number of rotatable bonds is 9. The van der Waals surface area contributed by atoms with Crippen molar-refractivity contribution in [2.75, 3.05) is 39.4 Å². The molecule has 6 heterocycles. The monoisotopic (exact) mass is 1000 g/mol. The molecule has 0 radical (unpaired) electrons. The molecule has 12 rings (SSSR count). The highest BCUT2D eigenvalue weighted by Crippen LogP contribution is 2.55. The van der Waals surface area contributed by atoms with Gasteiger partial charge in [0.25, 0.3) is 0 Å². The highest BCUT2D eigenvalue weighted by Gasteiger charge is 2.53. The van der Waals surface area contributed by atoms with Gasteiger partial charge in [-0.05, 0) is 175 Å². The van der Waals surface area contributed by atoms with Gasteiger partial charge in [-0.25, -0.2) is 13.6 Å². The first-order chi connectivity index (χ1) is 35.2. The van der Waals surface area contributed by atoms with Crippen LogP contribution in [0.2, 0.25) is 0 Å². The fraction of sp³-hybridized carbons (Fsp3) is 0.466. The van der Waals surface area contributed by atoms with E-state index in [9.17, 15) is 23.2 Å². The lowest BCUT2D eigenvalue weighted by atomic mass is 9.67. The Bertz CT molecular complexity index is 2760. The van der Waals surface area contributed by atoms with Gasteiger partial charge in [-0.3, -0.25) is 19.4 Å². The molecule has 0 unspecified atom stereocenters. The average Bonchev–Trinajstić information content (AvgIpc) is 4.24. The largest absolute Gasteiger partial charge is 0.481 e. The maximum absolute atomic E-state index is 13.9. The van der Waals surface area contributed by atoms with E-state index in [1.165, 1.54) is 85.5 Å². The number of carboxylic acids is 3. The minimum Gasteiger partial charge on any atom is -0.481 e. The summed E-state index contributed by atoms with van der Waals surface area (Å²) in [6.45, 7) is 6.22. The van der Waals surface area contributed by atoms with Crippen LogP contribution >= 0.6 is 0 Å². The molecule has 2 saturated carbocycles. The van der Waals surface area contributed by atoms with Gasteiger partial charge >= 0.3 is 17.9 Å². The van der Waals surface area contributed by atoms with Crippen LogP contribution in [0.25, 0.3) is 21.8 Å². The first-order valence-electron chi connectivity index (χ1n) is 26.1. The van der Waals surface area contributed by atoms with Crippen LogP contribution in [-0.2, 0) is 59.0 Å². The lowest BCUT2D eigenvalue weighted by Crippen LogP contribution is -2.51. The summed E-state index contributed by atoms with van der Waals surface area (Å²) in [5.41, 5.74) is 6.89. The van der Waals surface area contributed by atoms with Crippen molar-refractivity contribution in [3.8, 4) is 0 Å². The maximum Gasteiger partial charge on any atom is 0.336 e. The number of nitrogens with zero attached hydrogens (tertiary/aromatic N) is 2. The van der Waals surface area contributed by atoms with Crippen molar-refractivity contribution in [2.24, 2.45) is 0 Å². The van der Waals surface area contributed by atoms with Gasteiger partial charge in [-0.15, -0.1) is 0 Å². The zero-order valence-electron chi connectivity index (χ0n) is 41.3. The maximum atomic E-state index is 13.9. The first kappa shape index (κ1) is 50.6. The van der Waals surface area contributed by atoms with Crippen LogP contribution in [0, 0.1) is 11.6 Å². The number of likely N-dealkylation sites (tertiary alicyclic amines) is 2. The van der Waals surface area contributed by atoms with Gasteiger partial charge in [0.2, 0.25) is 0 Å². The van der Waals surface area contributed by atoms with E-state index < -0.39 is 36.4 Å². The number of carbonyl (C=O) groups is 3. The molecule has 4 aromatic carbocycles. The van der Waals surface area contributed by atoms with Crippen LogP contribution in [0.3, 0.4) is 0 Å². The number of aliphatic carboxylic acids is 3. The molecule has 73 heavy (non-hydrogen) atoms. The van der Waals surface area contributed by atoms with Gasteiger partial charge in [-0.2, -0.15) is 0 Å². The van der Waals surface area contributed by atoms with E-state index in [-0.39, 0.29) is 33.9 Å². The third-order valence-electron chi connectivity index (χ3n) is 17.2. The van der Waals surface area contributed by atoms with Crippen molar-refractivity contribution >= 4 is 39.7 Å². The lowest BCUT2D eigenvalue weighted by molar-refractivity contribution is -0.170. The molecule has 0 bridgehead atoms. The third-order valence-corrected chi connectivity index (χ3v) is 17.2. The molecule has 6 N–H and O–H groups in total. The van der Waals surface area contributed by atoms with Crippen molar-refractivity contribution in [1.82, 2.24) is 19.8 Å². The first-order valence-corrected chi connectivity index (χ1v) is 26.1. The van der Waals surface area contributed by atoms with Crippen molar-refractivity contribution in [3.05, 3.63) is 142 Å². The molecule has 0 amide bonds. The number of aromatic nitrogens is 2. The van der Waals surface area contributed by atoms with Gasteiger partial charge < -0.3 is 39.9 Å². The normalized spacial score (nSPS) is 26.2. The van der Waals surface area contributed by atoms with Gasteiger partial charge in [0.15, 0.2) is 5.60 Å². The second-order valence-electron chi connectivity index (χ2n) is 21.2. The zero-order chi connectivity index (χ0) is 51.0. The summed E-state index contributed by atoms with van der Waals surface area (Å²) in [5, 5.41) is 35.9. The van der Waals surface area contributed by atoms with E-state index in [1.54, 1.807) is 24.3 Å². The van der Waals surface area contributed by atoms with Crippen molar-refractivity contribution < 1.29 is 53.1 Å². The second kappa shape index (κ2) is 20.4. The predicted molar refractivity (Wildman–Crippen MR) is 271 cm³/mol. The van der Waals surface area contributed by atoms with Crippen LogP contribution in [0.4, 0.5) is 8.78 Å². The number of hydrogen-bond acceptors (Lipinski definition) is 8. The Kier molecular flexibility index (Phi) is 14.1. The van der Waals surface area contributed by atoms with E-state index in [4.69, 9.17) is 29.9 Å². The third kappa shape index (κ3) is 9.59. The van der Waals surface area contributed by atoms with Crippen LogP contribution < -0.4 is 0 Å². The molecule has 2 spiro atoms. The summed E-state index contributed by atoms with van der Waals surface area (Å²) in [6.07, 6.45) is 13.0. The highest BCUT2D eigenvalue weighted by molar-refractivity contribution is 5.88. The summed E-state index contributed by atoms with van der Waals surface area (Å²) in [5.74, 6) is -5.34. The quantitative estimate of drug-likeness (QED) is 0.0809. The van der Waals surface area contributed by atoms with Crippen LogP contribution in [0.5, 0.6) is 0 Å². The highest BCUT2D eigenvalue weighted by atomic mass is 19.1. The second-order valence-corrected chi connectivity index (χ2v) is 21.2. The summed E-state index contributed by atoms with van der Waals surface area (Å²) < 4.78 is 40.9. The molecule has 2 aliphatic carbocycles. The summed E-state index contributed by atoms with van der Waals surface area (Å²) >= 11 is 0. The molecule has 4 aliphatic heterocycles. The summed E-state index contributed by atoms with van der Waals surface area (Å²) in [7, 11) is 0. The Morgan fingerprint density at radius 3 is 1.26 bits per heavy atom. The Morgan fingerprint density at radius 1 is 0.548 bits per heavy atom. The number of carboxylic acid groups (broad SMARTS) is 3. The van der Waals surface area contributed by atoms with Gasteiger partial charge in [0.05, 0.1) is 37.4 Å². The van der Waals surface area contributed by atoms with Crippen molar-refractivity contribution in [3.63, 3.8) is 0 Å². The number of H-pyrrole nitrogens is 2. The topological polar surface area (TPSA) is 189 Å². The van der Waals surface area contributed by atoms with Crippen molar-refractivity contribution in [2.45, 2.75) is 131 Å². The minimum absolute atomic E-state index is 0.113. The zero-order valence-corrected chi connectivity index (χ0v) is 41.3.